The Labute approximate surface area is 133 Å². The monoisotopic (exact) mass is 303 g/mol. The van der Waals surface area contributed by atoms with Crippen LogP contribution < -0.4 is 5.73 Å². The second-order valence-electron chi connectivity index (χ2n) is 6.85. The van der Waals surface area contributed by atoms with Gasteiger partial charge in [0.25, 0.3) is 0 Å². The van der Waals surface area contributed by atoms with Crippen LogP contribution in [0.3, 0.4) is 0 Å². The van der Waals surface area contributed by atoms with Crippen LogP contribution in [0.1, 0.15) is 63.5 Å². The largest absolute Gasteiger partial charge is 0.481 e. The maximum Gasteiger partial charge on any atom is 0.306 e. The fraction of sp³-hybridized carbons (Fsp3) is 0.632. The lowest BCUT2D eigenvalue weighted by molar-refractivity contribution is -0.144. The molecule has 1 aromatic rings. The number of hydrogen-bond acceptors (Lipinski definition) is 2. The standard InChI is InChI=1S/C11H18O2.C8H11N/c12-11(13)10-6-5-8-3-1-2-4-9(8)7-10;1-7(9)8-5-3-2-4-6-8/h8-10H,1-7H2,(H,12,13);2-7H,9H2,1H3/t8-,9+,10-;7-/m01/s1. The molecule has 0 aliphatic heterocycles. The zero-order valence-corrected chi connectivity index (χ0v) is 13.6. The lowest BCUT2D eigenvalue weighted by atomic mass is 9.67. The van der Waals surface area contributed by atoms with Gasteiger partial charge in [0.05, 0.1) is 5.92 Å². The third-order valence-electron chi connectivity index (χ3n) is 5.21. The Balaban J connectivity index is 0.000000172. The molecule has 0 unspecified atom stereocenters. The van der Waals surface area contributed by atoms with Crippen molar-refractivity contribution in [1.82, 2.24) is 0 Å². The second kappa shape index (κ2) is 8.33. The van der Waals surface area contributed by atoms with Crippen molar-refractivity contribution in [2.24, 2.45) is 23.5 Å². The maximum atomic E-state index is 10.8. The van der Waals surface area contributed by atoms with Crippen LogP contribution in [0.5, 0.6) is 0 Å². The number of rotatable bonds is 2. The number of nitrogens with two attached hydrogens (primary N) is 1. The average molecular weight is 303 g/mol. The first-order chi connectivity index (χ1) is 10.6. The number of carboxylic acid groups (broad SMARTS) is 1. The van der Waals surface area contributed by atoms with Crippen molar-refractivity contribution in [3.05, 3.63) is 35.9 Å². The Morgan fingerprint density at radius 1 is 1.09 bits per heavy atom. The van der Waals surface area contributed by atoms with E-state index >= 15 is 0 Å². The molecule has 0 amide bonds. The van der Waals surface area contributed by atoms with Crippen LogP contribution in [0.4, 0.5) is 0 Å². The molecule has 2 aliphatic rings. The quantitative estimate of drug-likeness (QED) is 0.852. The molecule has 0 bridgehead atoms. The lowest BCUT2D eigenvalue weighted by Gasteiger charge is -2.37. The third kappa shape index (κ3) is 4.84. The summed E-state index contributed by atoms with van der Waals surface area (Å²) in [5.41, 5.74) is 6.81. The predicted molar refractivity (Wildman–Crippen MR) is 89.5 cm³/mol. The summed E-state index contributed by atoms with van der Waals surface area (Å²) >= 11 is 0. The predicted octanol–water partition coefficient (Wildman–Crippen LogP) is 4.38. The molecular formula is C19H29NO2. The van der Waals surface area contributed by atoms with Crippen molar-refractivity contribution < 1.29 is 9.90 Å². The smallest absolute Gasteiger partial charge is 0.306 e. The molecule has 0 aromatic heterocycles. The molecule has 2 saturated carbocycles. The Morgan fingerprint density at radius 2 is 1.73 bits per heavy atom. The highest BCUT2D eigenvalue weighted by atomic mass is 16.4. The molecule has 2 aliphatic carbocycles. The van der Waals surface area contributed by atoms with Crippen molar-refractivity contribution in [3.63, 3.8) is 0 Å². The van der Waals surface area contributed by atoms with Crippen LogP contribution in [-0.2, 0) is 4.79 Å². The number of carboxylic acids is 1. The second-order valence-corrected chi connectivity index (χ2v) is 6.85. The van der Waals surface area contributed by atoms with E-state index in [1.165, 1.54) is 37.7 Å². The van der Waals surface area contributed by atoms with Gasteiger partial charge in [0.15, 0.2) is 0 Å². The average Bonchev–Trinajstić information content (AvgIpc) is 2.55. The van der Waals surface area contributed by atoms with E-state index in [0.717, 1.165) is 24.7 Å². The summed E-state index contributed by atoms with van der Waals surface area (Å²) < 4.78 is 0. The van der Waals surface area contributed by atoms with Crippen molar-refractivity contribution in [3.8, 4) is 0 Å². The molecule has 3 rings (SSSR count). The van der Waals surface area contributed by atoms with Crippen molar-refractivity contribution in [2.75, 3.05) is 0 Å². The number of aliphatic carboxylic acids is 1. The first-order valence-electron chi connectivity index (χ1n) is 8.61. The van der Waals surface area contributed by atoms with Gasteiger partial charge in [-0.05, 0) is 43.6 Å². The summed E-state index contributed by atoms with van der Waals surface area (Å²) in [5.74, 6) is 1.01. The minimum atomic E-state index is -0.566. The zero-order valence-electron chi connectivity index (χ0n) is 13.6. The van der Waals surface area contributed by atoms with Gasteiger partial charge < -0.3 is 10.8 Å². The zero-order chi connectivity index (χ0) is 15.9. The topological polar surface area (TPSA) is 63.3 Å². The molecule has 0 spiro atoms. The molecule has 22 heavy (non-hydrogen) atoms. The lowest BCUT2D eigenvalue weighted by Crippen LogP contribution is -2.31. The van der Waals surface area contributed by atoms with Crippen LogP contribution in [-0.4, -0.2) is 11.1 Å². The van der Waals surface area contributed by atoms with E-state index in [1.807, 2.05) is 37.3 Å². The van der Waals surface area contributed by atoms with Crippen LogP contribution >= 0.6 is 0 Å². The van der Waals surface area contributed by atoms with Crippen molar-refractivity contribution in [2.45, 2.75) is 57.9 Å². The highest BCUT2D eigenvalue weighted by Gasteiger charge is 2.34. The molecule has 0 saturated heterocycles. The molecule has 0 radical (unpaired) electrons. The Morgan fingerprint density at radius 3 is 2.27 bits per heavy atom. The molecular weight excluding hydrogens is 274 g/mol. The summed E-state index contributed by atoms with van der Waals surface area (Å²) in [7, 11) is 0. The van der Waals surface area contributed by atoms with Gasteiger partial charge in [0.1, 0.15) is 0 Å². The molecule has 4 atom stereocenters. The SMILES string of the molecule is C[C@@H](N)c1ccccc1.O=C(O)[C@H]1CC[C@@H]2CCCC[C@@H]2C1. The van der Waals surface area contributed by atoms with Gasteiger partial charge in [-0.1, -0.05) is 56.0 Å². The Hall–Kier alpha value is -1.35. The Kier molecular flexibility index (Phi) is 6.44. The van der Waals surface area contributed by atoms with Gasteiger partial charge in [-0.25, -0.2) is 0 Å². The number of carbonyl (C=O) groups is 1. The van der Waals surface area contributed by atoms with Crippen LogP contribution in [0, 0.1) is 17.8 Å². The molecule has 2 fully saturated rings. The fourth-order valence-corrected chi connectivity index (χ4v) is 3.85. The number of fused-ring (bicyclic) bond motifs is 1. The molecule has 3 nitrogen and oxygen atoms in total. The molecule has 3 N–H and O–H groups in total. The molecule has 1 aromatic carbocycles. The van der Waals surface area contributed by atoms with Gasteiger partial charge in [-0.3, -0.25) is 4.79 Å². The van der Waals surface area contributed by atoms with E-state index in [4.69, 9.17) is 10.8 Å². The van der Waals surface area contributed by atoms with E-state index in [-0.39, 0.29) is 12.0 Å². The summed E-state index contributed by atoms with van der Waals surface area (Å²) in [6.07, 6.45) is 8.40. The highest BCUT2D eigenvalue weighted by molar-refractivity contribution is 5.70. The first-order valence-corrected chi connectivity index (χ1v) is 8.61. The maximum absolute atomic E-state index is 10.8. The summed E-state index contributed by atoms with van der Waals surface area (Å²) in [6, 6.07) is 10.2. The van der Waals surface area contributed by atoms with Gasteiger partial charge in [-0.2, -0.15) is 0 Å². The molecule has 122 valence electrons. The van der Waals surface area contributed by atoms with E-state index in [2.05, 4.69) is 0 Å². The summed E-state index contributed by atoms with van der Waals surface area (Å²) in [6.45, 7) is 1.98. The van der Waals surface area contributed by atoms with Crippen LogP contribution in [0.25, 0.3) is 0 Å². The molecule has 0 heterocycles. The summed E-state index contributed by atoms with van der Waals surface area (Å²) in [4.78, 5) is 10.8. The van der Waals surface area contributed by atoms with E-state index in [1.54, 1.807) is 0 Å². The first kappa shape index (κ1) is 17.0. The normalized spacial score (nSPS) is 28.7. The molecule has 3 heteroatoms. The highest BCUT2D eigenvalue weighted by Crippen LogP contribution is 2.42. The summed E-state index contributed by atoms with van der Waals surface area (Å²) in [5, 5.41) is 8.93. The van der Waals surface area contributed by atoms with Gasteiger partial charge >= 0.3 is 5.97 Å². The van der Waals surface area contributed by atoms with Gasteiger partial charge in [-0.15, -0.1) is 0 Å². The Bertz CT molecular complexity index is 458. The van der Waals surface area contributed by atoms with Gasteiger partial charge in [0.2, 0.25) is 0 Å². The third-order valence-corrected chi connectivity index (χ3v) is 5.21. The van der Waals surface area contributed by atoms with Crippen LogP contribution in [0.15, 0.2) is 30.3 Å². The van der Waals surface area contributed by atoms with E-state index in [9.17, 15) is 4.79 Å². The number of hydrogen-bond donors (Lipinski definition) is 2. The van der Waals surface area contributed by atoms with Crippen molar-refractivity contribution in [1.29, 1.82) is 0 Å². The minimum absolute atomic E-state index is 0.0284. The van der Waals surface area contributed by atoms with Crippen molar-refractivity contribution >= 4 is 5.97 Å². The van der Waals surface area contributed by atoms with E-state index in [0.29, 0.717) is 0 Å². The van der Waals surface area contributed by atoms with Crippen LogP contribution in [0.2, 0.25) is 0 Å². The fourth-order valence-electron chi connectivity index (χ4n) is 3.85. The van der Waals surface area contributed by atoms with E-state index < -0.39 is 5.97 Å². The number of benzene rings is 1. The van der Waals surface area contributed by atoms with Gasteiger partial charge in [0, 0.05) is 6.04 Å². The minimum Gasteiger partial charge on any atom is -0.481 e.